The van der Waals surface area contributed by atoms with Crippen molar-refractivity contribution in [2.24, 2.45) is 0 Å². The summed E-state index contributed by atoms with van der Waals surface area (Å²) in [5.41, 5.74) is 4.69. The van der Waals surface area contributed by atoms with Crippen molar-refractivity contribution in [3.63, 3.8) is 0 Å². The molecule has 16 heavy (non-hydrogen) atoms. The SMILES string of the molecule is Cc1cc(C(C)(C)C)ncc1-c1ccoc1. The van der Waals surface area contributed by atoms with E-state index in [4.69, 9.17) is 4.42 Å². The Hall–Kier alpha value is -1.57. The van der Waals surface area contributed by atoms with Gasteiger partial charge in [0, 0.05) is 28.4 Å². The van der Waals surface area contributed by atoms with Crippen LogP contribution in [0.3, 0.4) is 0 Å². The Morgan fingerprint density at radius 3 is 2.50 bits per heavy atom. The highest BCUT2D eigenvalue weighted by molar-refractivity contribution is 5.65. The summed E-state index contributed by atoms with van der Waals surface area (Å²) in [6.45, 7) is 8.63. The van der Waals surface area contributed by atoms with Crippen LogP contribution in [0.4, 0.5) is 0 Å². The number of nitrogens with zero attached hydrogens (tertiary/aromatic N) is 1. The Bertz CT molecular complexity index is 478. The van der Waals surface area contributed by atoms with Gasteiger partial charge in [-0.15, -0.1) is 0 Å². The van der Waals surface area contributed by atoms with Crippen LogP contribution in [0.5, 0.6) is 0 Å². The second kappa shape index (κ2) is 3.78. The lowest BCUT2D eigenvalue weighted by atomic mass is 9.90. The largest absolute Gasteiger partial charge is 0.472 e. The van der Waals surface area contributed by atoms with Crippen molar-refractivity contribution >= 4 is 0 Å². The molecule has 0 aromatic carbocycles. The molecule has 0 aliphatic heterocycles. The van der Waals surface area contributed by atoms with E-state index in [0.717, 1.165) is 16.8 Å². The van der Waals surface area contributed by atoms with E-state index in [1.165, 1.54) is 5.56 Å². The number of pyridine rings is 1. The second-order valence-electron chi connectivity index (χ2n) is 5.15. The third kappa shape index (κ3) is 2.01. The van der Waals surface area contributed by atoms with Crippen molar-refractivity contribution in [2.75, 3.05) is 0 Å². The lowest BCUT2D eigenvalue weighted by Gasteiger charge is -2.18. The van der Waals surface area contributed by atoms with E-state index in [0.29, 0.717) is 0 Å². The normalized spacial score (nSPS) is 11.8. The summed E-state index contributed by atoms with van der Waals surface area (Å²) in [5, 5.41) is 0. The zero-order valence-corrected chi connectivity index (χ0v) is 10.2. The molecule has 84 valence electrons. The Morgan fingerprint density at radius 1 is 1.25 bits per heavy atom. The smallest absolute Gasteiger partial charge is 0.0981 e. The first kappa shape index (κ1) is 10.9. The Labute approximate surface area is 96.3 Å². The molecule has 2 rings (SSSR count). The minimum absolute atomic E-state index is 0.0969. The van der Waals surface area contributed by atoms with Crippen molar-refractivity contribution in [3.8, 4) is 11.1 Å². The molecule has 2 heterocycles. The fraction of sp³-hybridized carbons (Fsp3) is 0.357. The van der Waals surface area contributed by atoms with Crippen molar-refractivity contribution in [2.45, 2.75) is 33.1 Å². The summed E-state index contributed by atoms with van der Waals surface area (Å²) in [4.78, 5) is 4.53. The molecule has 2 aromatic heterocycles. The molecule has 0 unspecified atom stereocenters. The topological polar surface area (TPSA) is 26.0 Å². The van der Waals surface area contributed by atoms with Crippen LogP contribution in [0, 0.1) is 6.92 Å². The fourth-order valence-electron chi connectivity index (χ4n) is 1.69. The quantitative estimate of drug-likeness (QED) is 0.720. The van der Waals surface area contributed by atoms with Crippen molar-refractivity contribution in [1.82, 2.24) is 4.98 Å². The molecule has 2 aromatic rings. The predicted octanol–water partition coefficient (Wildman–Crippen LogP) is 3.95. The first-order valence-corrected chi connectivity index (χ1v) is 5.48. The van der Waals surface area contributed by atoms with Crippen molar-refractivity contribution < 1.29 is 4.42 Å². The molecule has 0 spiro atoms. The van der Waals surface area contributed by atoms with Gasteiger partial charge in [0.2, 0.25) is 0 Å². The van der Waals surface area contributed by atoms with Crippen molar-refractivity contribution in [3.05, 3.63) is 42.1 Å². The van der Waals surface area contributed by atoms with Gasteiger partial charge >= 0.3 is 0 Å². The number of hydrogen-bond donors (Lipinski definition) is 0. The van der Waals surface area contributed by atoms with Gasteiger partial charge in [-0.1, -0.05) is 20.8 Å². The van der Waals surface area contributed by atoms with Crippen LogP contribution in [-0.4, -0.2) is 4.98 Å². The van der Waals surface area contributed by atoms with E-state index in [1.54, 1.807) is 12.5 Å². The Kier molecular flexibility index (Phi) is 2.58. The van der Waals surface area contributed by atoms with E-state index >= 15 is 0 Å². The summed E-state index contributed by atoms with van der Waals surface area (Å²) in [6.07, 6.45) is 5.37. The highest BCUT2D eigenvalue weighted by atomic mass is 16.3. The van der Waals surface area contributed by atoms with E-state index in [2.05, 4.69) is 38.7 Å². The van der Waals surface area contributed by atoms with Gasteiger partial charge in [-0.2, -0.15) is 0 Å². The molecular formula is C14H17NO. The summed E-state index contributed by atoms with van der Waals surface area (Å²) >= 11 is 0. The molecular weight excluding hydrogens is 198 g/mol. The molecule has 2 nitrogen and oxygen atoms in total. The number of aryl methyl sites for hydroxylation is 1. The van der Waals surface area contributed by atoms with E-state index in [1.807, 2.05) is 12.3 Å². The van der Waals surface area contributed by atoms with E-state index in [9.17, 15) is 0 Å². The van der Waals surface area contributed by atoms with Gasteiger partial charge in [-0.05, 0) is 24.6 Å². The molecule has 0 aliphatic rings. The maximum atomic E-state index is 5.09. The summed E-state index contributed by atoms with van der Waals surface area (Å²) in [7, 11) is 0. The molecule has 0 bridgehead atoms. The molecule has 0 fully saturated rings. The molecule has 2 heteroatoms. The van der Waals surface area contributed by atoms with Gasteiger partial charge in [0.1, 0.15) is 0 Å². The molecule has 0 saturated carbocycles. The van der Waals surface area contributed by atoms with Gasteiger partial charge in [-0.25, -0.2) is 0 Å². The van der Waals surface area contributed by atoms with Crippen LogP contribution in [0.2, 0.25) is 0 Å². The first-order valence-electron chi connectivity index (χ1n) is 5.48. The molecule has 0 radical (unpaired) electrons. The number of hydrogen-bond acceptors (Lipinski definition) is 2. The Balaban J connectivity index is 2.46. The molecule has 0 amide bonds. The predicted molar refractivity (Wildman–Crippen MR) is 65.4 cm³/mol. The van der Waals surface area contributed by atoms with E-state index in [-0.39, 0.29) is 5.41 Å². The summed E-state index contributed by atoms with van der Waals surface area (Å²) in [6, 6.07) is 4.11. The monoisotopic (exact) mass is 215 g/mol. The third-order valence-electron chi connectivity index (χ3n) is 2.71. The van der Waals surface area contributed by atoms with Crippen LogP contribution in [0.15, 0.2) is 35.3 Å². The lowest BCUT2D eigenvalue weighted by Crippen LogP contribution is -2.13. The highest BCUT2D eigenvalue weighted by Gasteiger charge is 2.16. The van der Waals surface area contributed by atoms with Gasteiger partial charge in [-0.3, -0.25) is 4.98 Å². The molecule has 0 N–H and O–H groups in total. The standard InChI is InChI=1S/C14H17NO/c1-10-7-13(14(2,3)4)15-8-12(10)11-5-6-16-9-11/h5-9H,1-4H3. The summed E-state index contributed by atoms with van der Waals surface area (Å²) < 4.78 is 5.09. The number of rotatable bonds is 1. The zero-order valence-electron chi connectivity index (χ0n) is 10.2. The van der Waals surface area contributed by atoms with Gasteiger partial charge in [0.15, 0.2) is 0 Å². The minimum Gasteiger partial charge on any atom is -0.472 e. The average molecular weight is 215 g/mol. The van der Waals surface area contributed by atoms with Gasteiger partial charge < -0.3 is 4.42 Å². The third-order valence-corrected chi connectivity index (χ3v) is 2.71. The van der Waals surface area contributed by atoms with Crippen LogP contribution >= 0.6 is 0 Å². The fourth-order valence-corrected chi connectivity index (χ4v) is 1.69. The van der Waals surface area contributed by atoms with Crippen LogP contribution in [-0.2, 0) is 5.41 Å². The molecule has 0 saturated heterocycles. The average Bonchev–Trinajstić information content (AvgIpc) is 2.69. The first-order chi connectivity index (χ1) is 7.48. The van der Waals surface area contributed by atoms with Crippen LogP contribution < -0.4 is 0 Å². The second-order valence-corrected chi connectivity index (χ2v) is 5.15. The highest BCUT2D eigenvalue weighted by Crippen LogP contribution is 2.27. The molecule has 0 aliphatic carbocycles. The lowest BCUT2D eigenvalue weighted by molar-refractivity contribution is 0.567. The van der Waals surface area contributed by atoms with Gasteiger partial charge in [0.25, 0.3) is 0 Å². The molecule has 0 atom stereocenters. The minimum atomic E-state index is 0.0969. The van der Waals surface area contributed by atoms with Crippen LogP contribution in [0.1, 0.15) is 32.0 Å². The maximum absolute atomic E-state index is 5.09. The number of aromatic nitrogens is 1. The van der Waals surface area contributed by atoms with E-state index < -0.39 is 0 Å². The van der Waals surface area contributed by atoms with Crippen LogP contribution in [0.25, 0.3) is 11.1 Å². The maximum Gasteiger partial charge on any atom is 0.0981 e. The van der Waals surface area contributed by atoms with Gasteiger partial charge in [0.05, 0.1) is 12.5 Å². The van der Waals surface area contributed by atoms with Crippen molar-refractivity contribution in [1.29, 1.82) is 0 Å². The Morgan fingerprint density at radius 2 is 2.00 bits per heavy atom. The number of furan rings is 1. The summed E-state index contributed by atoms with van der Waals surface area (Å²) in [5.74, 6) is 0. The zero-order chi connectivity index (χ0) is 11.8.